The fraction of sp³-hybridized carbons (Fsp3) is 0.308. The lowest BCUT2D eigenvalue weighted by Crippen LogP contribution is -2.26. The molecule has 15 heteroatoms. The van der Waals surface area contributed by atoms with E-state index in [1.54, 1.807) is 33.7 Å². The molecule has 4 rings (SSSR count). The summed E-state index contributed by atoms with van der Waals surface area (Å²) in [5.41, 5.74) is 8.03. The Hall–Kier alpha value is -4.92. The summed E-state index contributed by atoms with van der Waals surface area (Å²) in [6.07, 6.45) is -0.307. The zero-order valence-electron chi connectivity index (χ0n) is 22.6. The van der Waals surface area contributed by atoms with Crippen LogP contribution in [0.15, 0.2) is 29.6 Å². The van der Waals surface area contributed by atoms with Crippen molar-refractivity contribution < 1.29 is 33.8 Å². The van der Waals surface area contributed by atoms with Crippen molar-refractivity contribution in [3.8, 4) is 5.75 Å². The Labute approximate surface area is 238 Å². The zero-order valence-corrected chi connectivity index (χ0v) is 23.4. The number of ether oxygens (including phenoxy) is 2. The number of thiophene rings is 1. The maximum Gasteiger partial charge on any atom is 0.407 e. The van der Waals surface area contributed by atoms with Gasteiger partial charge in [0.05, 0.1) is 18.3 Å². The molecule has 0 aliphatic heterocycles. The lowest BCUT2D eigenvalue weighted by atomic mass is 10.1. The van der Waals surface area contributed by atoms with E-state index < -0.39 is 23.9 Å². The molecule has 0 bridgehead atoms. The normalized spacial score (nSPS) is 10.9. The van der Waals surface area contributed by atoms with E-state index in [1.807, 2.05) is 6.92 Å². The second-order valence-electron chi connectivity index (χ2n) is 8.87. The fourth-order valence-electron chi connectivity index (χ4n) is 4.23. The number of aromatic nitrogens is 4. The van der Waals surface area contributed by atoms with Crippen LogP contribution in [0, 0.1) is 6.92 Å². The summed E-state index contributed by atoms with van der Waals surface area (Å²) < 4.78 is 14.0. The minimum absolute atomic E-state index is 0.116. The molecule has 14 nitrogen and oxygen atoms in total. The van der Waals surface area contributed by atoms with Crippen LogP contribution in [0.1, 0.15) is 55.1 Å². The number of imidazole rings is 1. The van der Waals surface area contributed by atoms with Gasteiger partial charge in [0.1, 0.15) is 28.4 Å². The van der Waals surface area contributed by atoms with Gasteiger partial charge in [-0.2, -0.15) is 5.10 Å². The first-order valence-electron chi connectivity index (χ1n) is 12.6. The summed E-state index contributed by atoms with van der Waals surface area (Å²) in [6, 6.07) is 6.27. The van der Waals surface area contributed by atoms with Gasteiger partial charge in [-0.15, -0.1) is 11.3 Å². The van der Waals surface area contributed by atoms with Crippen molar-refractivity contribution in [3.63, 3.8) is 0 Å². The number of methoxy groups -OCH3 is 1. The number of aromatic carboxylic acids is 1. The summed E-state index contributed by atoms with van der Waals surface area (Å²) in [7, 11) is 1.44. The lowest BCUT2D eigenvalue weighted by molar-refractivity contribution is 0.0696. The molecule has 216 valence electrons. The van der Waals surface area contributed by atoms with Crippen LogP contribution in [0.25, 0.3) is 11.0 Å². The molecule has 3 aromatic heterocycles. The minimum atomic E-state index is -1.08. The highest BCUT2D eigenvalue weighted by Crippen LogP contribution is 2.31. The molecule has 0 aliphatic rings. The standard InChI is InChI=1S/C26H29N7O7S/c1-4-33-18(10-14(2)31-33)23(35)30-25-29-17-11-16(22(27)34)12-19(39-3)20(17)32(25)8-5-7-28-26(38)40-13-15-6-9-41-21(15)24(36)37/h6,9-12H,4-5,7-8,13H2,1-3H3,(H2,27,34)(H,28,38)(H,36,37)(H,29,30,35). The van der Waals surface area contributed by atoms with E-state index in [0.717, 1.165) is 11.3 Å². The average Bonchev–Trinajstić information content (AvgIpc) is 3.65. The van der Waals surface area contributed by atoms with Crippen LogP contribution in [0.5, 0.6) is 5.75 Å². The Morgan fingerprint density at radius 2 is 1.98 bits per heavy atom. The van der Waals surface area contributed by atoms with Crippen molar-refractivity contribution in [1.29, 1.82) is 0 Å². The van der Waals surface area contributed by atoms with Crippen molar-refractivity contribution in [1.82, 2.24) is 24.6 Å². The Morgan fingerprint density at radius 1 is 1.20 bits per heavy atom. The molecule has 0 atom stereocenters. The van der Waals surface area contributed by atoms with Crippen molar-refractivity contribution in [2.24, 2.45) is 5.73 Å². The Morgan fingerprint density at radius 3 is 2.66 bits per heavy atom. The molecule has 0 fully saturated rings. The van der Waals surface area contributed by atoms with Gasteiger partial charge in [-0.25, -0.2) is 14.6 Å². The molecule has 0 saturated heterocycles. The number of carboxylic acids is 1. The van der Waals surface area contributed by atoms with Crippen LogP contribution >= 0.6 is 11.3 Å². The fourth-order valence-corrected chi connectivity index (χ4v) is 4.98. The molecule has 3 amide bonds. The molecule has 0 spiro atoms. The van der Waals surface area contributed by atoms with Gasteiger partial charge in [-0.3, -0.25) is 19.6 Å². The summed E-state index contributed by atoms with van der Waals surface area (Å²) in [5.74, 6) is -1.63. The molecule has 5 N–H and O–H groups in total. The first-order chi connectivity index (χ1) is 19.6. The highest BCUT2D eigenvalue weighted by atomic mass is 32.1. The number of carbonyl (C=O) groups excluding carboxylic acids is 3. The highest BCUT2D eigenvalue weighted by molar-refractivity contribution is 7.12. The molecule has 0 aliphatic carbocycles. The number of nitrogens with one attached hydrogen (secondary N) is 2. The van der Waals surface area contributed by atoms with Gasteiger partial charge < -0.3 is 30.2 Å². The molecule has 0 unspecified atom stereocenters. The monoisotopic (exact) mass is 583 g/mol. The number of primary amides is 1. The first kappa shape index (κ1) is 29.1. The van der Waals surface area contributed by atoms with Crippen LogP contribution in [-0.4, -0.2) is 62.0 Å². The number of amides is 3. The second kappa shape index (κ2) is 12.5. The molecule has 0 radical (unpaired) electrons. The third-order valence-corrected chi connectivity index (χ3v) is 7.04. The van der Waals surface area contributed by atoms with Gasteiger partial charge in [0.15, 0.2) is 0 Å². The number of rotatable bonds is 12. The van der Waals surface area contributed by atoms with Crippen LogP contribution in [-0.2, 0) is 24.4 Å². The number of fused-ring (bicyclic) bond motifs is 1. The lowest BCUT2D eigenvalue weighted by Gasteiger charge is -2.13. The Balaban J connectivity index is 1.51. The van der Waals surface area contributed by atoms with Gasteiger partial charge in [0.25, 0.3) is 5.91 Å². The number of hydrogen-bond donors (Lipinski definition) is 4. The quantitative estimate of drug-likeness (QED) is 0.181. The van der Waals surface area contributed by atoms with Crippen LogP contribution in [0.2, 0.25) is 0 Å². The number of alkyl carbamates (subject to hydrolysis) is 1. The summed E-state index contributed by atoms with van der Waals surface area (Å²) >= 11 is 1.05. The van der Waals surface area contributed by atoms with E-state index in [1.165, 1.54) is 19.2 Å². The van der Waals surface area contributed by atoms with Gasteiger partial charge in [-0.1, -0.05) is 0 Å². The van der Waals surface area contributed by atoms with Crippen molar-refractivity contribution in [2.45, 2.75) is 40.0 Å². The number of nitrogens with zero attached hydrogens (tertiary/aromatic N) is 4. The topological polar surface area (TPSA) is 193 Å². The van der Waals surface area contributed by atoms with Crippen molar-refractivity contribution >= 4 is 52.2 Å². The van der Waals surface area contributed by atoms with E-state index in [9.17, 15) is 24.3 Å². The number of hydrogen-bond acceptors (Lipinski definition) is 9. The molecular weight excluding hydrogens is 554 g/mol. The number of nitrogens with two attached hydrogens (primary N) is 1. The van der Waals surface area contributed by atoms with E-state index in [0.29, 0.717) is 53.2 Å². The first-order valence-corrected chi connectivity index (χ1v) is 13.4. The second-order valence-corrected chi connectivity index (χ2v) is 9.79. The third-order valence-electron chi connectivity index (χ3n) is 6.10. The Kier molecular flexibility index (Phi) is 8.87. The smallest absolute Gasteiger partial charge is 0.407 e. The molecule has 3 heterocycles. The summed E-state index contributed by atoms with van der Waals surface area (Å²) in [5, 5.41) is 20.6. The SMILES string of the molecule is CCn1nc(C)cc1C(=O)Nc1nc2cc(C(N)=O)cc(OC)c2n1CCCNC(=O)OCc1ccsc1C(=O)O. The van der Waals surface area contributed by atoms with Crippen molar-refractivity contribution in [3.05, 3.63) is 57.0 Å². The highest BCUT2D eigenvalue weighted by Gasteiger charge is 2.21. The number of aryl methyl sites for hydroxylation is 3. The average molecular weight is 584 g/mol. The van der Waals surface area contributed by atoms with E-state index in [4.69, 9.17) is 15.2 Å². The minimum Gasteiger partial charge on any atom is -0.494 e. The van der Waals surface area contributed by atoms with Crippen LogP contribution < -0.4 is 21.1 Å². The molecule has 41 heavy (non-hydrogen) atoms. The molecular formula is C26H29N7O7S. The zero-order chi connectivity index (χ0) is 29.7. The Bertz CT molecular complexity index is 1620. The molecule has 1 aromatic carbocycles. The summed E-state index contributed by atoms with van der Waals surface area (Å²) in [6.45, 7) is 4.47. The van der Waals surface area contributed by atoms with Crippen LogP contribution in [0.3, 0.4) is 0 Å². The van der Waals surface area contributed by atoms with Gasteiger partial charge in [-0.05, 0) is 49.9 Å². The van der Waals surface area contributed by atoms with E-state index in [-0.39, 0.29) is 29.5 Å². The van der Waals surface area contributed by atoms with E-state index >= 15 is 0 Å². The predicted molar refractivity (Wildman–Crippen MR) is 149 cm³/mol. The van der Waals surface area contributed by atoms with E-state index in [2.05, 4.69) is 20.7 Å². The molecule has 4 aromatic rings. The number of carboxylic acid groups (broad SMARTS) is 1. The number of anilines is 1. The number of benzene rings is 1. The van der Waals surface area contributed by atoms with Crippen LogP contribution in [0.4, 0.5) is 10.7 Å². The maximum atomic E-state index is 13.2. The predicted octanol–water partition coefficient (Wildman–Crippen LogP) is 3.00. The molecule has 0 saturated carbocycles. The summed E-state index contributed by atoms with van der Waals surface area (Å²) in [4.78, 5) is 53.1. The van der Waals surface area contributed by atoms with Gasteiger partial charge in [0, 0.05) is 30.8 Å². The maximum absolute atomic E-state index is 13.2. The third kappa shape index (κ3) is 6.46. The van der Waals surface area contributed by atoms with Gasteiger partial charge >= 0.3 is 12.1 Å². The number of carbonyl (C=O) groups is 4. The largest absolute Gasteiger partial charge is 0.494 e. The van der Waals surface area contributed by atoms with Crippen molar-refractivity contribution in [2.75, 3.05) is 19.0 Å². The van der Waals surface area contributed by atoms with Gasteiger partial charge in [0.2, 0.25) is 11.9 Å².